The predicted octanol–water partition coefficient (Wildman–Crippen LogP) is 1.19. The highest BCUT2D eigenvalue weighted by Crippen LogP contribution is 2.31. The topological polar surface area (TPSA) is 85.4 Å². The fraction of sp³-hybridized carbons (Fsp3) is 0.333. The highest BCUT2D eigenvalue weighted by Gasteiger charge is 2.38. The standard InChI is InChI=1S/C12H11F3N2O4S/c1-3-5-17-22(19,20)8-6-9(11(18)21-4-2)10(16-7-8)12(13,14)15/h1,6-7,17H,4-5H2,2H3. The number of nitrogens with zero attached hydrogens (tertiary/aromatic N) is 1. The van der Waals surface area contributed by atoms with Crippen molar-refractivity contribution in [3.8, 4) is 12.3 Å². The van der Waals surface area contributed by atoms with Crippen LogP contribution in [0.3, 0.4) is 0 Å². The summed E-state index contributed by atoms with van der Waals surface area (Å²) in [7, 11) is -4.19. The van der Waals surface area contributed by atoms with Crippen LogP contribution in [0.25, 0.3) is 0 Å². The van der Waals surface area contributed by atoms with E-state index in [-0.39, 0.29) is 13.2 Å². The fourth-order valence-electron chi connectivity index (χ4n) is 1.40. The Bertz CT molecular complexity index is 708. The van der Waals surface area contributed by atoms with Crippen LogP contribution < -0.4 is 4.72 Å². The molecule has 0 aliphatic rings. The number of esters is 1. The molecule has 1 aromatic heterocycles. The number of hydrogen-bond donors (Lipinski definition) is 1. The molecule has 1 heterocycles. The lowest BCUT2D eigenvalue weighted by Gasteiger charge is -2.12. The fourth-order valence-corrected chi connectivity index (χ4v) is 2.31. The number of terminal acetylenes is 1. The molecular weight excluding hydrogens is 325 g/mol. The van der Waals surface area contributed by atoms with Gasteiger partial charge in [-0.3, -0.25) is 0 Å². The van der Waals surface area contributed by atoms with Gasteiger partial charge in [-0.05, 0) is 13.0 Å². The third-order valence-electron chi connectivity index (χ3n) is 2.30. The van der Waals surface area contributed by atoms with Crippen LogP contribution in [-0.2, 0) is 20.9 Å². The van der Waals surface area contributed by atoms with E-state index in [0.717, 1.165) is 0 Å². The Morgan fingerprint density at radius 3 is 2.64 bits per heavy atom. The number of carbonyl (C=O) groups excluding carboxylic acids is 1. The van der Waals surface area contributed by atoms with Crippen molar-refractivity contribution in [3.63, 3.8) is 0 Å². The zero-order chi connectivity index (χ0) is 17.0. The molecule has 6 nitrogen and oxygen atoms in total. The van der Waals surface area contributed by atoms with E-state index >= 15 is 0 Å². The number of rotatable bonds is 5. The molecule has 22 heavy (non-hydrogen) atoms. The van der Waals surface area contributed by atoms with Gasteiger partial charge in [0.15, 0.2) is 5.69 Å². The van der Waals surface area contributed by atoms with Gasteiger partial charge in [0.2, 0.25) is 10.0 Å². The Labute approximate surface area is 124 Å². The molecule has 0 radical (unpaired) electrons. The average molecular weight is 336 g/mol. The molecular formula is C12H11F3N2O4S. The number of alkyl halides is 3. The van der Waals surface area contributed by atoms with Crippen LogP contribution in [0.15, 0.2) is 17.2 Å². The lowest BCUT2D eigenvalue weighted by atomic mass is 10.2. The monoisotopic (exact) mass is 336 g/mol. The van der Waals surface area contributed by atoms with E-state index in [4.69, 9.17) is 6.42 Å². The van der Waals surface area contributed by atoms with E-state index in [1.165, 1.54) is 6.92 Å². The van der Waals surface area contributed by atoms with E-state index in [1.54, 1.807) is 0 Å². The molecule has 0 aromatic carbocycles. The number of aromatic nitrogens is 1. The number of carbonyl (C=O) groups is 1. The first-order valence-corrected chi connectivity index (χ1v) is 7.29. The molecule has 0 saturated carbocycles. The molecule has 0 unspecified atom stereocenters. The molecule has 1 rings (SSSR count). The van der Waals surface area contributed by atoms with Crippen LogP contribution in [0.5, 0.6) is 0 Å². The molecule has 120 valence electrons. The second kappa shape index (κ2) is 6.76. The lowest BCUT2D eigenvalue weighted by Crippen LogP contribution is -2.25. The first-order chi connectivity index (χ1) is 10.1. The van der Waals surface area contributed by atoms with E-state index in [9.17, 15) is 26.4 Å². The van der Waals surface area contributed by atoms with Crippen LogP contribution in [-0.4, -0.2) is 32.5 Å². The van der Waals surface area contributed by atoms with Crippen LogP contribution in [0.4, 0.5) is 13.2 Å². The van der Waals surface area contributed by atoms with Gasteiger partial charge in [0, 0.05) is 6.20 Å². The van der Waals surface area contributed by atoms with Crippen LogP contribution in [0.1, 0.15) is 23.0 Å². The minimum Gasteiger partial charge on any atom is -0.462 e. The minimum atomic E-state index is -4.93. The lowest BCUT2D eigenvalue weighted by molar-refractivity contribution is -0.141. The van der Waals surface area contributed by atoms with Crippen LogP contribution >= 0.6 is 0 Å². The summed E-state index contributed by atoms with van der Waals surface area (Å²) < 4.78 is 68.5. The van der Waals surface area contributed by atoms with Crippen LogP contribution in [0.2, 0.25) is 0 Å². The van der Waals surface area contributed by atoms with E-state index in [2.05, 4.69) is 9.72 Å². The summed E-state index contributed by atoms with van der Waals surface area (Å²) in [5.74, 6) is 0.682. The second-order valence-electron chi connectivity index (χ2n) is 3.81. The summed E-state index contributed by atoms with van der Waals surface area (Å²) in [6.07, 6.45) is 0.454. The normalized spacial score (nSPS) is 11.8. The van der Waals surface area contributed by atoms with Gasteiger partial charge in [-0.25, -0.2) is 18.2 Å². The molecule has 1 aromatic rings. The molecule has 0 bridgehead atoms. The molecule has 0 amide bonds. The molecule has 0 saturated heterocycles. The molecule has 0 spiro atoms. The molecule has 0 atom stereocenters. The number of ether oxygens (including phenoxy) is 1. The van der Waals surface area contributed by atoms with Crippen molar-refractivity contribution < 1.29 is 31.1 Å². The van der Waals surface area contributed by atoms with Crippen molar-refractivity contribution in [1.29, 1.82) is 0 Å². The summed E-state index contributed by atoms with van der Waals surface area (Å²) in [5.41, 5.74) is -2.51. The average Bonchev–Trinajstić information content (AvgIpc) is 2.44. The second-order valence-corrected chi connectivity index (χ2v) is 5.58. The third kappa shape index (κ3) is 4.19. The SMILES string of the molecule is C#CCNS(=O)(=O)c1cnc(C(F)(F)F)c(C(=O)OCC)c1. The number of pyridine rings is 1. The van der Waals surface area contributed by atoms with Crippen molar-refractivity contribution in [3.05, 3.63) is 23.5 Å². The number of halogens is 3. The Morgan fingerprint density at radius 2 is 2.14 bits per heavy atom. The van der Waals surface area contributed by atoms with Gasteiger partial charge in [-0.15, -0.1) is 6.42 Å². The van der Waals surface area contributed by atoms with Crippen molar-refractivity contribution in [1.82, 2.24) is 9.71 Å². The summed E-state index contributed by atoms with van der Waals surface area (Å²) in [5, 5.41) is 0. The maximum Gasteiger partial charge on any atom is 0.434 e. The summed E-state index contributed by atoms with van der Waals surface area (Å²) in [4.78, 5) is 14.0. The van der Waals surface area contributed by atoms with E-state index in [1.807, 2.05) is 10.6 Å². The quantitative estimate of drug-likeness (QED) is 0.645. The maximum atomic E-state index is 12.8. The molecule has 1 N–H and O–H groups in total. The number of hydrogen-bond acceptors (Lipinski definition) is 5. The van der Waals surface area contributed by atoms with Gasteiger partial charge in [-0.1, -0.05) is 5.92 Å². The minimum absolute atomic E-state index is 0.178. The van der Waals surface area contributed by atoms with Crippen molar-refractivity contribution >= 4 is 16.0 Å². The number of sulfonamides is 1. The Kier molecular flexibility index (Phi) is 5.51. The van der Waals surface area contributed by atoms with Gasteiger partial charge in [0.25, 0.3) is 0 Å². The molecule has 0 fully saturated rings. The molecule has 0 aliphatic heterocycles. The van der Waals surface area contributed by atoms with Gasteiger partial charge in [0.1, 0.15) is 4.90 Å². The summed E-state index contributed by atoms with van der Waals surface area (Å²) in [6.45, 7) is 0.855. The van der Waals surface area contributed by atoms with Gasteiger partial charge in [0.05, 0.1) is 18.7 Å². The predicted molar refractivity (Wildman–Crippen MR) is 69.2 cm³/mol. The molecule has 0 aliphatic carbocycles. The third-order valence-corrected chi connectivity index (χ3v) is 3.67. The summed E-state index contributed by atoms with van der Waals surface area (Å²) >= 11 is 0. The van der Waals surface area contributed by atoms with Crippen LogP contribution in [0, 0.1) is 12.3 Å². The Hall–Kier alpha value is -2.12. The van der Waals surface area contributed by atoms with Crippen molar-refractivity contribution in [2.45, 2.75) is 18.0 Å². The van der Waals surface area contributed by atoms with Crippen molar-refractivity contribution in [2.75, 3.05) is 13.2 Å². The van der Waals surface area contributed by atoms with Gasteiger partial charge >= 0.3 is 12.1 Å². The zero-order valence-electron chi connectivity index (χ0n) is 11.3. The number of nitrogens with one attached hydrogen (secondary N) is 1. The maximum absolute atomic E-state index is 12.8. The Morgan fingerprint density at radius 1 is 1.50 bits per heavy atom. The van der Waals surface area contributed by atoms with Gasteiger partial charge in [-0.2, -0.15) is 17.9 Å². The highest BCUT2D eigenvalue weighted by atomic mass is 32.2. The smallest absolute Gasteiger partial charge is 0.434 e. The van der Waals surface area contributed by atoms with Crippen molar-refractivity contribution in [2.24, 2.45) is 0 Å². The largest absolute Gasteiger partial charge is 0.462 e. The highest BCUT2D eigenvalue weighted by molar-refractivity contribution is 7.89. The van der Waals surface area contributed by atoms with E-state index < -0.39 is 38.3 Å². The summed E-state index contributed by atoms with van der Waals surface area (Å²) in [6, 6.07) is 0.548. The van der Waals surface area contributed by atoms with Gasteiger partial charge < -0.3 is 4.74 Å². The first-order valence-electron chi connectivity index (χ1n) is 5.81. The van der Waals surface area contributed by atoms with E-state index in [0.29, 0.717) is 12.3 Å². The first kappa shape index (κ1) is 17.9. The zero-order valence-corrected chi connectivity index (χ0v) is 12.1. The Balaban J connectivity index is 3.41. The molecule has 10 heteroatoms.